The monoisotopic (exact) mass is 428 g/mol. The number of anilines is 2. The van der Waals surface area contributed by atoms with Crippen molar-refractivity contribution in [1.82, 2.24) is 9.88 Å². The molecule has 1 saturated heterocycles. The molecule has 1 aromatic carbocycles. The maximum Gasteiger partial charge on any atom is 0.195 e. The average Bonchev–Trinajstić information content (AvgIpc) is 3.29. The summed E-state index contributed by atoms with van der Waals surface area (Å²) < 4.78 is 16.6. The Kier molecular flexibility index (Phi) is 7.25. The van der Waals surface area contributed by atoms with Crippen LogP contribution in [0, 0.1) is 11.7 Å². The molecule has 1 unspecified atom stereocenters. The molecule has 0 spiro atoms. The fourth-order valence-corrected chi connectivity index (χ4v) is 5.21. The van der Waals surface area contributed by atoms with Gasteiger partial charge in [-0.3, -0.25) is 4.31 Å². The van der Waals surface area contributed by atoms with Crippen LogP contribution in [0.3, 0.4) is 0 Å². The Bertz CT molecular complexity index is 742. The molecule has 1 aliphatic rings. The Morgan fingerprint density at radius 3 is 2.89 bits per heavy atom. The zero-order chi connectivity index (χ0) is 19.4. The first-order valence-corrected chi connectivity index (χ1v) is 11.2. The third-order valence-electron chi connectivity index (χ3n) is 4.77. The van der Waals surface area contributed by atoms with Crippen molar-refractivity contribution in [3.05, 3.63) is 34.5 Å². The summed E-state index contributed by atoms with van der Waals surface area (Å²) in [5.41, 5.74) is 0.811. The molecule has 27 heavy (non-hydrogen) atoms. The van der Waals surface area contributed by atoms with Gasteiger partial charge in [0.15, 0.2) is 5.13 Å². The van der Waals surface area contributed by atoms with Gasteiger partial charge in [0.25, 0.3) is 0 Å². The van der Waals surface area contributed by atoms with Crippen LogP contribution in [-0.2, 0) is 0 Å². The molecule has 1 aromatic heterocycles. The van der Waals surface area contributed by atoms with Crippen LogP contribution >= 0.6 is 34.9 Å². The fraction of sp³-hybridized carbons (Fsp3) is 0.526. The standard InChI is InChI=1S/C19H26ClFN4S2/c1-23(2)8-4-5-14-6-9-25(13-14)17-12-16(21)18(11-15(17)20)27-24(3)19-22-7-10-26-19/h7,10-12,14H,4-6,8-9,13H2,1-3H3. The van der Waals surface area contributed by atoms with E-state index in [0.717, 1.165) is 36.9 Å². The van der Waals surface area contributed by atoms with E-state index in [0.29, 0.717) is 15.8 Å². The number of hydrogen-bond donors (Lipinski definition) is 0. The maximum atomic E-state index is 14.7. The minimum Gasteiger partial charge on any atom is -0.370 e. The lowest BCUT2D eigenvalue weighted by molar-refractivity contribution is 0.373. The van der Waals surface area contributed by atoms with Crippen LogP contribution in [0.1, 0.15) is 19.3 Å². The van der Waals surface area contributed by atoms with Gasteiger partial charge < -0.3 is 9.80 Å². The van der Waals surface area contributed by atoms with E-state index in [1.54, 1.807) is 18.3 Å². The number of hydrogen-bond acceptors (Lipinski definition) is 6. The van der Waals surface area contributed by atoms with Crippen molar-refractivity contribution in [2.24, 2.45) is 5.92 Å². The second-order valence-electron chi connectivity index (χ2n) is 7.18. The summed E-state index contributed by atoms with van der Waals surface area (Å²) in [4.78, 5) is 9.21. The molecule has 0 N–H and O–H groups in total. The predicted octanol–water partition coefficient (Wildman–Crippen LogP) is 5.25. The van der Waals surface area contributed by atoms with Crippen molar-refractivity contribution < 1.29 is 4.39 Å². The largest absolute Gasteiger partial charge is 0.370 e. The molecule has 0 radical (unpaired) electrons. The molecule has 2 heterocycles. The van der Waals surface area contributed by atoms with E-state index in [9.17, 15) is 4.39 Å². The van der Waals surface area contributed by atoms with E-state index in [4.69, 9.17) is 11.6 Å². The highest BCUT2D eigenvalue weighted by Crippen LogP contribution is 2.38. The number of aromatic nitrogens is 1. The summed E-state index contributed by atoms with van der Waals surface area (Å²) in [6, 6.07) is 3.32. The van der Waals surface area contributed by atoms with E-state index in [1.165, 1.54) is 36.1 Å². The average molecular weight is 429 g/mol. The lowest BCUT2D eigenvalue weighted by Crippen LogP contribution is -2.21. The summed E-state index contributed by atoms with van der Waals surface area (Å²) >= 11 is 9.35. The van der Waals surface area contributed by atoms with Gasteiger partial charge in [-0.2, -0.15) is 0 Å². The Morgan fingerprint density at radius 1 is 1.37 bits per heavy atom. The second-order valence-corrected chi connectivity index (χ2v) is 9.63. The molecular weight excluding hydrogens is 403 g/mol. The second kappa shape index (κ2) is 9.45. The van der Waals surface area contributed by atoms with Crippen molar-refractivity contribution in [2.75, 3.05) is 50.0 Å². The molecule has 4 nitrogen and oxygen atoms in total. The summed E-state index contributed by atoms with van der Waals surface area (Å²) in [6.07, 6.45) is 5.30. The van der Waals surface area contributed by atoms with Gasteiger partial charge in [-0.15, -0.1) is 11.3 Å². The van der Waals surface area contributed by atoms with Crippen LogP contribution < -0.4 is 9.21 Å². The summed E-state index contributed by atoms with van der Waals surface area (Å²) in [5.74, 6) is 0.424. The third-order valence-corrected chi connectivity index (χ3v) is 6.99. The quantitative estimate of drug-likeness (QED) is 0.534. The molecule has 2 aromatic rings. The number of benzene rings is 1. The molecule has 0 bridgehead atoms. The lowest BCUT2D eigenvalue weighted by atomic mass is 10.0. The molecule has 3 rings (SSSR count). The summed E-state index contributed by atoms with van der Waals surface area (Å²) in [6.45, 7) is 3.01. The first kappa shape index (κ1) is 20.7. The van der Waals surface area contributed by atoms with Crippen LogP contribution in [0.15, 0.2) is 28.6 Å². The van der Waals surface area contributed by atoms with E-state index >= 15 is 0 Å². The van der Waals surface area contributed by atoms with Crippen molar-refractivity contribution >= 4 is 45.7 Å². The number of nitrogens with zero attached hydrogens (tertiary/aromatic N) is 4. The van der Waals surface area contributed by atoms with Crippen LogP contribution in [0.4, 0.5) is 15.2 Å². The molecule has 148 valence electrons. The highest BCUT2D eigenvalue weighted by molar-refractivity contribution is 8.00. The minimum absolute atomic E-state index is 0.237. The van der Waals surface area contributed by atoms with Gasteiger partial charge in [0, 0.05) is 31.7 Å². The molecule has 0 saturated carbocycles. The van der Waals surface area contributed by atoms with Gasteiger partial charge in [0.05, 0.1) is 15.6 Å². The normalized spacial score (nSPS) is 17.1. The molecule has 0 amide bonds. The van der Waals surface area contributed by atoms with E-state index in [1.807, 2.05) is 16.7 Å². The first-order chi connectivity index (χ1) is 12.9. The van der Waals surface area contributed by atoms with E-state index in [2.05, 4.69) is 28.9 Å². The van der Waals surface area contributed by atoms with Gasteiger partial charge in [0.2, 0.25) is 0 Å². The van der Waals surface area contributed by atoms with E-state index < -0.39 is 0 Å². The number of thiazole rings is 1. The van der Waals surface area contributed by atoms with Gasteiger partial charge in [-0.05, 0) is 69.9 Å². The SMILES string of the molecule is CN(C)CCCC1CCN(c2cc(F)c(SN(C)c3nccs3)cc2Cl)C1. The van der Waals surface area contributed by atoms with E-state index in [-0.39, 0.29) is 5.82 Å². The maximum absolute atomic E-state index is 14.7. The van der Waals surface area contributed by atoms with Gasteiger partial charge >= 0.3 is 0 Å². The zero-order valence-corrected chi connectivity index (χ0v) is 18.4. The minimum atomic E-state index is -0.237. The molecule has 8 heteroatoms. The topological polar surface area (TPSA) is 22.6 Å². The lowest BCUT2D eigenvalue weighted by Gasteiger charge is -2.22. The number of rotatable bonds is 8. The summed E-state index contributed by atoms with van der Waals surface area (Å²) in [5, 5.41) is 3.35. The Morgan fingerprint density at radius 2 is 2.19 bits per heavy atom. The molecule has 1 atom stereocenters. The zero-order valence-electron chi connectivity index (χ0n) is 16.0. The number of halogens is 2. The molecule has 0 aliphatic carbocycles. The highest BCUT2D eigenvalue weighted by Gasteiger charge is 2.25. The van der Waals surface area contributed by atoms with Crippen molar-refractivity contribution in [2.45, 2.75) is 24.2 Å². The van der Waals surface area contributed by atoms with Gasteiger partial charge in [0.1, 0.15) is 5.82 Å². The van der Waals surface area contributed by atoms with Gasteiger partial charge in [-0.25, -0.2) is 9.37 Å². The van der Waals surface area contributed by atoms with Crippen molar-refractivity contribution in [1.29, 1.82) is 0 Å². The fourth-order valence-electron chi connectivity index (χ4n) is 3.37. The Balaban J connectivity index is 1.63. The molecular formula is C19H26ClFN4S2. The molecule has 1 fully saturated rings. The van der Waals surface area contributed by atoms with Crippen LogP contribution in [0.2, 0.25) is 5.02 Å². The Labute approximate surface area is 174 Å². The van der Waals surface area contributed by atoms with Gasteiger partial charge in [-0.1, -0.05) is 11.6 Å². The third kappa shape index (κ3) is 5.50. The smallest absolute Gasteiger partial charge is 0.195 e. The Hall–Kier alpha value is -1.02. The van der Waals surface area contributed by atoms with Crippen molar-refractivity contribution in [3.8, 4) is 0 Å². The predicted molar refractivity (Wildman–Crippen MR) is 116 cm³/mol. The van der Waals surface area contributed by atoms with Crippen LogP contribution in [0.5, 0.6) is 0 Å². The highest BCUT2D eigenvalue weighted by atomic mass is 35.5. The molecule has 1 aliphatic heterocycles. The van der Waals surface area contributed by atoms with Crippen LogP contribution in [0.25, 0.3) is 0 Å². The van der Waals surface area contributed by atoms with Crippen LogP contribution in [-0.4, -0.2) is 50.7 Å². The summed E-state index contributed by atoms with van der Waals surface area (Å²) in [7, 11) is 6.09. The first-order valence-electron chi connectivity index (χ1n) is 9.14. The van der Waals surface area contributed by atoms with Crippen molar-refractivity contribution in [3.63, 3.8) is 0 Å².